The second-order valence-electron chi connectivity index (χ2n) is 6.92. The molecule has 6 heteroatoms. The molecule has 1 aromatic carbocycles. The lowest BCUT2D eigenvalue weighted by atomic mass is 10.2. The Labute approximate surface area is 159 Å². The number of rotatable bonds is 7. The number of methoxy groups -OCH3 is 1. The minimum absolute atomic E-state index is 0.298. The smallest absolute Gasteiger partial charge is 0.161 e. The van der Waals surface area contributed by atoms with Gasteiger partial charge in [0.15, 0.2) is 11.5 Å². The Balaban J connectivity index is 1.44. The lowest BCUT2D eigenvalue weighted by Crippen LogP contribution is -2.12. The van der Waals surface area contributed by atoms with E-state index in [4.69, 9.17) is 14.2 Å². The third kappa shape index (κ3) is 4.32. The molecule has 2 aliphatic rings. The predicted octanol–water partition coefficient (Wildman–Crippen LogP) is 4.18. The molecule has 0 amide bonds. The van der Waals surface area contributed by atoms with Crippen molar-refractivity contribution in [3.05, 3.63) is 48.1 Å². The summed E-state index contributed by atoms with van der Waals surface area (Å²) in [6, 6.07) is 6.05. The van der Waals surface area contributed by atoms with Gasteiger partial charge in [0.05, 0.1) is 44.2 Å². The molecule has 1 aliphatic heterocycles. The molecule has 1 fully saturated rings. The van der Waals surface area contributed by atoms with Gasteiger partial charge in [-0.3, -0.25) is 4.98 Å². The average molecular weight is 367 g/mol. The maximum atomic E-state index is 6.17. The third-order valence-electron chi connectivity index (χ3n) is 4.98. The molecule has 0 atom stereocenters. The van der Waals surface area contributed by atoms with Crippen molar-refractivity contribution in [2.75, 3.05) is 19.0 Å². The number of hydrogen-bond donors (Lipinski definition) is 1. The van der Waals surface area contributed by atoms with Crippen molar-refractivity contribution in [1.82, 2.24) is 9.97 Å². The number of benzene rings is 1. The Morgan fingerprint density at radius 2 is 2.07 bits per heavy atom. The fraction of sp³-hybridized carbons (Fsp3) is 0.429. The molecule has 2 aromatic rings. The molecule has 1 aliphatic carbocycles. The molecule has 27 heavy (non-hydrogen) atoms. The Morgan fingerprint density at radius 3 is 2.85 bits per heavy atom. The van der Waals surface area contributed by atoms with Gasteiger partial charge in [-0.15, -0.1) is 0 Å². The fourth-order valence-electron chi connectivity index (χ4n) is 3.48. The fourth-order valence-corrected chi connectivity index (χ4v) is 3.48. The zero-order valence-corrected chi connectivity index (χ0v) is 15.6. The molecule has 4 rings (SSSR count). The van der Waals surface area contributed by atoms with Gasteiger partial charge in [-0.05, 0) is 43.4 Å². The van der Waals surface area contributed by atoms with Crippen LogP contribution in [0.25, 0.3) is 5.57 Å². The van der Waals surface area contributed by atoms with E-state index in [0.29, 0.717) is 19.3 Å². The van der Waals surface area contributed by atoms with Crippen LogP contribution in [0.3, 0.4) is 0 Å². The highest BCUT2D eigenvalue weighted by molar-refractivity contribution is 5.63. The Morgan fingerprint density at radius 1 is 1.19 bits per heavy atom. The Hall–Kier alpha value is -2.76. The molecular formula is C21H25N3O3. The van der Waals surface area contributed by atoms with Crippen LogP contribution in [0.1, 0.15) is 43.4 Å². The van der Waals surface area contributed by atoms with Crippen molar-refractivity contribution in [3.8, 4) is 11.5 Å². The van der Waals surface area contributed by atoms with Gasteiger partial charge in [-0.25, -0.2) is 4.98 Å². The SMILES string of the molecule is COc1ccc(CNc2cncc(C3=COCC3)n2)cc1OC1CCCC1. The van der Waals surface area contributed by atoms with E-state index in [9.17, 15) is 0 Å². The minimum atomic E-state index is 0.298. The third-order valence-corrected chi connectivity index (χ3v) is 4.98. The highest BCUT2D eigenvalue weighted by Crippen LogP contribution is 2.32. The van der Waals surface area contributed by atoms with Gasteiger partial charge in [0.2, 0.25) is 0 Å². The van der Waals surface area contributed by atoms with Crippen LogP contribution in [0.15, 0.2) is 36.9 Å². The Kier molecular flexibility index (Phi) is 5.42. The van der Waals surface area contributed by atoms with E-state index in [1.807, 2.05) is 12.1 Å². The normalized spacial score (nSPS) is 16.7. The van der Waals surface area contributed by atoms with E-state index in [2.05, 4.69) is 21.4 Å². The van der Waals surface area contributed by atoms with Crippen LogP contribution >= 0.6 is 0 Å². The molecule has 1 saturated carbocycles. The predicted molar refractivity (Wildman–Crippen MR) is 104 cm³/mol. The van der Waals surface area contributed by atoms with Gasteiger partial charge in [0, 0.05) is 18.5 Å². The number of nitrogens with zero attached hydrogens (tertiary/aromatic N) is 2. The largest absolute Gasteiger partial charge is 0.500 e. The lowest BCUT2D eigenvalue weighted by Gasteiger charge is -2.17. The monoisotopic (exact) mass is 367 g/mol. The number of nitrogens with one attached hydrogen (secondary N) is 1. The molecule has 0 bridgehead atoms. The Bertz CT molecular complexity index is 816. The zero-order valence-electron chi connectivity index (χ0n) is 15.6. The van der Waals surface area contributed by atoms with E-state index < -0.39 is 0 Å². The van der Waals surface area contributed by atoms with Gasteiger partial charge < -0.3 is 19.5 Å². The van der Waals surface area contributed by atoms with Crippen molar-refractivity contribution in [3.63, 3.8) is 0 Å². The molecular weight excluding hydrogens is 342 g/mol. The molecule has 6 nitrogen and oxygen atoms in total. The summed E-state index contributed by atoms with van der Waals surface area (Å²) >= 11 is 0. The van der Waals surface area contributed by atoms with E-state index in [0.717, 1.165) is 53.4 Å². The molecule has 0 saturated heterocycles. The van der Waals surface area contributed by atoms with E-state index in [1.54, 1.807) is 25.8 Å². The number of aromatic nitrogens is 2. The molecule has 0 radical (unpaired) electrons. The van der Waals surface area contributed by atoms with Gasteiger partial charge in [-0.2, -0.15) is 0 Å². The number of ether oxygens (including phenoxy) is 3. The van der Waals surface area contributed by atoms with Crippen molar-refractivity contribution in [1.29, 1.82) is 0 Å². The summed E-state index contributed by atoms with van der Waals surface area (Å²) in [6.45, 7) is 1.35. The number of hydrogen-bond acceptors (Lipinski definition) is 6. The zero-order chi connectivity index (χ0) is 18.5. The number of anilines is 1. The van der Waals surface area contributed by atoms with Crippen LogP contribution < -0.4 is 14.8 Å². The molecule has 142 valence electrons. The van der Waals surface area contributed by atoms with Gasteiger partial charge in [0.1, 0.15) is 5.82 Å². The standard InChI is InChI=1S/C21H25N3O3/c1-25-19-7-6-15(10-20(19)27-17-4-2-3-5-17)11-23-21-13-22-12-18(24-21)16-8-9-26-14-16/h6-7,10,12-14,17H,2-5,8-9,11H2,1H3,(H,23,24). The van der Waals surface area contributed by atoms with Crippen molar-refractivity contribution in [2.24, 2.45) is 0 Å². The molecule has 0 spiro atoms. The summed E-state index contributed by atoms with van der Waals surface area (Å²) in [6.07, 6.45) is 11.2. The van der Waals surface area contributed by atoms with Crippen molar-refractivity contribution < 1.29 is 14.2 Å². The summed E-state index contributed by atoms with van der Waals surface area (Å²) in [7, 11) is 1.68. The topological polar surface area (TPSA) is 65.5 Å². The van der Waals surface area contributed by atoms with Crippen molar-refractivity contribution >= 4 is 11.4 Å². The quantitative estimate of drug-likeness (QED) is 0.792. The highest BCUT2D eigenvalue weighted by atomic mass is 16.5. The summed E-state index contributed by atoms with van der Waals surface area (Å²) in [5.74, 6) is 2.34. The second-order valence-corrected chi connectivity index (χ2v) is 6.92. The van der Waals surface area contributed by atoms with E-state index >= 15 is 0 Å². The maximum Gasteiger partial charge on any atom is 0.161 e. The van der Waals surface area contributed by atoms with Crippen LogP contribution in [-0.2, 0) is 11.3 Å². The molecule has 1 aromatic heterocycles. The van der Waals surface area contributed by atoms with Crippen LogP contribution in [0.4, 0.5) is 5.82 Å². The minimum Gasteiger partial charge on any atom is -0.500 e. The van der Waals surface area contributed by atoms with Crippen LogP contribution in [0.2, 0.25) is 0 Å². The molecule has 1 N–H and O–H groups in total. The first-order chi connectivity index (χ1) is 13.3. The first kappa shape index (κ1) is 17.6. The molecule has 2 heterocycles. The summed E-state index contributed by atoms with van der Waals surface area (Å²) < 4.78 is 16.9. The van der Waals surface area contributed by atoms with Gasteiger partial charge in [-0.1, -0.05) is 6.07 Å². The average Bonchev–Trinajstić information content (AvgIpc) is 3.41. The first-order valence-electron chi connectivity index (χ1n) is 9.52. The second kappa shape index (κ2) is 8.29. The van der Waals surface area contributed by atoms with Crippen LogP contribution in [-0.4, -0.2) is 29.8 Å². The molecule has 0 unspecified atom stereocenters. The summed E-state index contributed by atoms with van der Waals surface area (Å²) in [4.78, 5) is 8.92. The van der Waals surface area contributed by atoms with Crippen LogP contribution in [0, 0.1) is 0 Å². The lowest BCUT2D eigenvalue weighted by molar-refractivity contribution is 0.200. The van der Waals surface area contributed by atoms with Crippen molar-refractivity contribution in [2.45, 2.75) is 44.8 Å². The first-order valence-corrected chi connectivity index (χ1v) is 9.52. The highest BCUT2D eigenvalue weighted by Gasteiger charge is 2.18. The maximum absolute atomic E-state index is 6.17. The van der Waals surface area contributed by atoms with Crippen LogP contribution in [0.5, 0.6) is 11.5 Å². The summed E-state index contributed by atoms with van der Waals surface area (Å²) in [5.41, 5.74) is 3.06. The van der Waals surface area contributed by atoms with E-state index in [1.165, 1.54) is 12.8 Å². The van der Waals surface area contributed by atoms with E-state index in [-0.39, 0.29) is 0 Å². The van der Waals surface area contributed by atoms with Gasteiger partial charge >= 0.3 is 0 Å². The summed E-state index contributed by atoms with van der Waals surface area (Å²) in [5, 5.41) is 3.35. The van der Waals surface area contributed by atoms with Gasteiger partial charge in [0.25, 0.3) is 0 Å².